The number of aryl methyl sites for hydroxylation is 2. The number of esters is 2. The van der Waals surface area contributed by atoms with Crippen LogP contribution in [0.15, 0.2) is 91.3 Å². The van der Waals surface area contributed by atoms with E-state index in [0.717, 1.165) is 103 Å². The molecule has 0 bridgehead atoms. The third kappa shape index (κ3) is 29.8. The molecule has 4 rings (SSSR count). The van der Waals surface area contributed by atoms with Gasteiger partial charge in [-0.1, -0.05) is 197 Å². The predicted octanol–water partition coefficient (Wildman–Crippen LogP) is 14.2. The molecule has 6 atom stereocenters. The number of ketones is 1. The lowest BCUT2D eigenvalue weighted by Crippen LogP contribution is -2.62. The standard InChI is InChI=1S/C56H93NO12SSi.C5H5N/c1-7-8-9-10-11-12-13-20-31-40-47(65-50(59)41-32-21-16-14-18-25-34-45-36-27-23-28-37-45)43-48(58)52-54(67-51(60)42-33-22-17-15-19-26-35-46-38-29-24-30-39-46)53(69-70(61,62)63)49(66-55(52)68-57)44-64-71(5,6)56(2,3)4;1-2-4-6-5-3-1/h23-24,27-30,36-39,47,49,52-55H,7-22,25-26,31-35,40-44,57H2,1-6H3,(H,61,62,63);1-5H/t47-,49+,52+,53+,54+,55?;/m0./s1. The average molecular weight is 1110 g/mol. The summed E-state index contributed by atoms with van der Waals surface area (Å²) in [6, 6.07) is 26.5. The Morgan fingerprint density at radius 2 is 1.13 bits per heavy atom. The van der Waals surface area contributed by atoms with Crippen molar-refractivity contribution < 1.29 is 55.0 Å². The molecule has 1 aliphatic rings. The second-order valence-electron chi connectivity index (χ2n) is 22.4. The van der Waals surface area contributed by atoms with E-state index in [4.69, 9.17) is 33.6 Å². The summed E-state index contributed by atoms with van der Waals surface area (Å²) >= 11 is 0. The summed E-state index contributed by atoms with van der Waals surface area (Å²) in [6.07, 6.45) is 19.9. The van der Waals surface area contributed by atoms with Crippen LogP contribution in [-0.2, 0) is 65.3 Å². The Hall–Kier alpha value is -3.87. The Balaban J connectivity index is 0.00000242. The zero-order chi connectivity index (χ0) is 56.2. The number of carbonyl (C=O) groups excluding carboxylic acids is 3. The van der Waals surface area contributed by atoms with Gasteiger partial charge in [0.05, 0.1) is 6.61 Å². The van der Waals surface area contributed by atoms with Gasteiger partial charge in [-0.05, 0) is 92.8 Å². The molecule has 3 N–H and O–H groups in total. The van der Waals surface area contributed by atoms with Crippen molar-refractivity contribution in [1.82, 2.24) is 4.98 Å². The first-order valence-electron chi connectivity index (χ1n) is 29.1. The van der Waals surface area contributed by atoms with E-state index in [0.29, 0.717) is 25.7 Å². The molecule has 3 aromatic rings. The van der Waals surface area contributed by atoms with Gasteiger partial charge in [0.15, 0.2) is 14.6 Å². The highest BCUT2D eigenvalue weighted by atomic mass is 32.3. The zero-order valence-electron chi connectivity index (χ0n) is 47.8. The van der Waals surface area contributed by atoms with Crippen molar-refractivity contribution in [2.45, 2.75) is 250 Å². The van der Waals surface area contributed by atoms with Crippen LogP contribution in [0.3, 0.4) is 0 Å². The maximum absolute atomic E-state index is 14.7. The van der Waals surface area contributed by atoms with Gasteiger partial charge in [0.25, 0.3) is 0 Å². The monoisotopic (exact) mass is 1110 g/mol. The van der Waals surface area contributed by atoms with Crippen LogP contribution in [0, 0.1) is 5.92 Å². The third-order valence-corrected chi connectivity index (χ3v) is 19.8. The Morgan fingerprint density at radius 3 is 1.58 bits per heavy atom. The minimum absolute atomic E-state index is 0.00725. The summed E-state index contributed by atoms with van der Waals surface area (Å²) in [5, 5.41) is -0.249. The molecule has 0 saturated carbocycles. The summed E-state index contributed by atoms with van der Waals surface area (Å²) in [6.45, 7) is 12.1. The molecule has 0 spiro atoms. The van der Waals surface area contributed by atoms with E-state index >= 15 is 0 Å². The molecule has 2 aromatic carbocycles. The van der Waals surface area contributed by atoms with Gasteiger partial charge in [-0.3, -0.25) is 28.8 Å². The molecule has 0 radical (unpaired) electrons. The van der Waals surface area contributed by atoms with E-state index in [1.807, 2.05) is 76.3 Å². The predicted molar refractivity (Wildman–Crippen MR) is 307 cm³/mol. The Kier molecular flexibility index (Phi) is 33.9. The van der Waals surface area contributed by atoms with E-state index < -0.39 is 73.1 Å². The van der Waals surface area contributed by atoms with Gasteiger partial charge in [-0.2, -0.15) is 8.42 Å². The molecule has 1 aromatic heterocycles. The maximum atomic E-state index is 14.7. The number of Topliss-reactive ketones (excluding diaryl/α,β-unsaturated/α-hetero) is 1. The van der Waals surface area contributed by atoms with Crippen LogP contribution >= 0.6 is 0 Å². The number of benzene rings is 2. The van der Waals surface area contributed by atoms with Crippen LogP contribution in [0.4, 0.5) is 0 Å². The largest absolute Gasteiger partial charge is 0.462 e. The van der Waals surface area contributed by atoms with E-state index in [9.17, 15) is 27.4 Å². The van der Waals surface area contributed by atoms with Crippen LogP contribution < -0.4 is 5.90 Å². The zero-order valence-corrected chi connectivity index (χ0v) is 49.6. The molecular formula is C61H98N2O12SSi. The molecule has 0 aliphatic carbocycles. The van der Waals surface area contributed by atoms with Crippen LogP contribution in [-0.4, -0.2) is 81.3 Å². The number of rotatable bonds is 39. The normalized spacial score (nSPS) is 18.2. The first kappa shape index (κ1) is 67.4. The second-order valence-corrected chi connectivity index (χ2v) is 28.2. The molecule has 434 valence electrons. The summed E-state index contributed by atoms with van der Waals surface area (Å²) in [7, 11) is -7.69. The Labute approximate surface area is 465 Å². The quantitative estimate of drug-likeness (QED) is 0.0180. The van der Waals surface area contributed by atoms with Gasteiger partial charge in [0.2, 0.25) is 0 Å². The number of nitrogens with zero attached hydrogens (tertiary/aromatic N) is 1. The number of pyridine rings is 1. The molecule has 1 fully saturated rings. The number of nitrogens with two attached hydrogens (primary N) is 1. The van der Waals surface area contributed by atoms with Crippen molar-refractivity contribution in [3.05, 3.63) is 102 Å². The van der Waals surface area contributed by atoms with Gasteiger partial charge in [-0.15, -0.1) is 0 Å². The fourth-order valence-electron chi connectivity index (χ4n) is 9.31. The minimum Gasteiger partial charge on any atom is -0.462 e. The molecule has 2 heterocycles. The molecule has 1 unspecified atom stereocenters. The van der Waals surface area contributed by atoms with Gasteiger partial charge < -0.3 is 18.6 Å². The fourth-order valence-corrected chi connectivity index (χ4v) is 10.8. The van der Waals surface area contributed by atoms with Crippen molar-refractivity contribution in [3.8, 4) is 0 Å². The molecule has 1 aliphatic heterocycles. The van der Waals surface area contributed by atoms with Crippen molar-refractivity contribution in [2.75, 3.05) is 6.61 Å². The number of ether oxygens (including phenoxy) is 3. The topological polar surface area (TPSA) is 200 Å². The third-order valence-electron chi connectivity index (χ3n) is 14.9. The molecule has 14 nitrogen and oxygen atoms in total. The molecule has 1 saturated heterocycles. The maximum Gasteiger partial charge on any atom is 0.397 e. The van der Waals surface area contributed by atoms with Gasteiger partial charge in [0, 0.05) is 31.7 Å². The van der Waals surface area contributed by atoms with Crippen LogP contribution in [0.25, 0.3) is 0 Å². The summed E-state index contributed by atoms with van der Waals surface area (Å²) in [5.74, 6) is 2.69. The van der Waals surface area contributed by atoms with Crippen molar-refractivity contribution in [2.24, 2.45) is 11.8 Å². The Bertz CT molecular complexity index is 2090. The van der Waals surface area contributed by atoms with Crippen LogP contribution in [0.1, 0.15) is 199 Å². The van der Waals surface area contributed by atoms with Crippen LogP contribution in [0.2, 0.25) is 18.1 Å². The Morgan fingerprint density at radius 1 is 0.662 bits per heavy atom. The number of unbranched alkanes of at least 4 members (excludes halogenated alkanes) is 18. The van der Waals surface area contributed by atoms with Crippen molar-refractivity contribution in [1.29, 1.82) is 0 Å². The average Bonchev–Trinajstić information content (AvgIpc) is 3.40. The lowest BCUT2D eigenvalue weighted by Gasteiger charge is -2.45. The first-order chi connectivity index (χ1) is 36.9. The summed E-state index contributed by atoms with van der Waals surface area (Å²) < 4.78 is 65.3. The SMILES string of the molecule is CCCCCCCCCCC[C@@H](CC(=O)[C@H]1C(ON)O[C@H](CO[Si](C)(C)C(C)(C)C)[C@@H](OS(=O)(=O)O)[C@@H]1OC(=O)CCCCCCCCc1ccccc1)OC(=O)CCCCCCCCc1ccccc1.c1ccncc1. The van der Waals surface area contributed by atoms with Gasteiger partial charge in [-0.25, -0.2) is 10.1 Å². The molecule has 0 amide bonds. The second kappa shape index (κ2) is 38.7. The minimum atomic E-state index is -5.19. The molecule has 16 heteroatoms. The molecular weight excluding hydrogens is 1010 g/mol. The van der Waals surface area contributed by atoms with E-state index in [1.165, 1.54) is 36.8 Å². The van der Waals surface area contributed by atoms with E-state index in [1.54, 1.807) is 12.4 Å². The summed E-state index contributed by atoms with van der Waals surface area (Å²) in [4.78, 5) is 51.0. The van der Waals surface area contributed by atoms with Crippen molar-refractivity contribution >= 4 is 36.4 Å². The number of carbonyl (C=O) groups is 3. The molecule has 77 heavy (non-hydrogen) atoms. The number of hydrogen-bond acceptors (Lipinski definition) is 13. The highest BCUT2D eigenvalue weighted by Gasteiger charge is 2.55. The van der Waals surface area contributed by atoms with E-state index in [-0.39, 0.29) is 30.9 Å². The lowest BCUT2D eigenvalue weighted by atomic mass is 9.85. The van der Waals surface area contributed by atoms with Crippen molar-refractivity contribution in [3.63, 3.8) is 0 Å². The number of hydrogen-bond donors (Lipinski definition) is 2. The highest BCUT2D eigenvalue weighted by Crippen LogP contribution is 2.39. The van der Waals surface area contributed by atoms with Gasteiger partial charge >= 0.3 is 22.3 Å². The van der Waals surface area contributed by atoms with Crippen LogP contribution in [0.5, 0.6) is 0 Å². The van der Waals surface area contributed by atoms with E-state index in [2.05, 4.69) is 48.3 Å². The highest BCUT2D eigenvalue weighted by molar-refractivity contribution is 7.80. The fraction of sp³-hybridized carbons (Fsp3) is 0.672. The van der Waals surface area contributed by atoms with Gasteiger partial charge in [0.1, 0.15) is 36.1 Å². The lowest BCUT2D eigenvalue weighted by molar-refractivity contribution is -0.279. The first-order valence-corrected chi connectivity index (χ1v) is 33.4. The summed E-state index contributed by atoms with van der Waals surface area (Å²) in [5.41, 5.74) is 2.65. The number of aromatic nitrogens is 1. The smallest absolute Gasteiger partial charge is 0.397 e.